The molecule has 0 saturated heterocycles. The highest BCUT2D eigenvalue weighted by Crippen LogP contribution is 2.35. The lowest BCUT2D eigenvalue weighted by molar-refractivity contribution is -0.137. The molecule has 0 spiro atoms. The summed E-state index contributed by atoms with van der Waals surface area (Å²) in [6.07, 6.45) is -0.208. The van der Waals surface area contributed by atoms with Gasteiger partial charge in [-0.25, -0.2) is 4.98 Å². The average molecular weight is 507 g/mol. The smallest absolute Gasteiger partial charge is 0.390 e. The molecule has 1 aliphatic carbocycles. The lowest BCUT2D eigenvalue weighted by Crippen LogP contribution is -2.39. The Morgan fingerprint density at radius 3 is 2.58 bits per heavy atom. The molecule has 8 nitrogen and oxygen atoms in total. The molecule has 5 N–H and O–H groups in total. The number of hydrogen-bond acceptors (Lipinski definition) is 7. The normalized spacial score (nSPS) is 20.6. The van der Waals surface area contributed by atoms with E-state index in [4.69, 9.17) is 5.73 Å². The fourth-order valence-corrected chi connectivity index (χ4v) is 4.67. The number of nitrogens with two attached hydrogens (primary N) is 1. The van der Waals surface area contributed by atoms with Crippen molar-refractivity contribution in [2.45, 2.75) is 82.8 Å². The van der Waals surface area contributed by atoms with Crippen LogP contribution in [0.4, 0.5) is 30.6 Å². The van der Waals surface area contributed by atoms with Gasteiger partial charge in [0.15, 0.2) is 0 Å². The van der Waals surface area contributed by atoms with Gasteiger partial charge in [0, 0.05) is 37.1 Å². The van der Waals surface area contributed by atoms with Gasteiger partial charge in [-0.15, -0.1) is 0 Å². The summed E-state index contributed by atoms with van der Waals surface area (Å²) in [5.41, 5.74) is 6.64. The third kappa shape index (κ3) is 6.64. The SMILES string of the molecule is CC(C)(O)CC(=O)N1CCc2cc(Nc3ncc(C(F)(F)F)c(NC4CCC(N)CC4)n3)ccc2C1. The molecule has 11 heteroatoms. The predicted molar refractivity (Wildman–Crippen MR) is 131 cm³/mol. The van der Waals surface area contributed by atoms with E-state index in [0.29, 0.717) is 38.0 Å². The van der Waals surface area contributed by atoms with Crippen LogP contribution >= 0.6 is 0 Å². The van der Waals surface area contributed by atoms with Crippen LogP contribution in [-0.2, 0) is 23.9 Å². The second-order valence-corrected chi connectivity index (χ2v) is 10.4. The molecule has 1 aliphatic heterocycles. The van der Waals surface area contributed by atoms with E-state index >= 15 is 0 Å². The van der Waals surface area contributed by atoms with Crippen molar-refractivity contribution in [3.8, 4) is 0 Å². The molecular weight excluding hydrogens is 473 g/mol. The van der Waals surface area contributed by atoms with Crippen molar-refractivity contribution < 1.29 is 23.1 Å². The first-order chi connectivity index (χ1) is 16.9. The molecule has 4 rings (SSSR count). The lowest BCUT2D eigenvalue weighted by atomic mass is 9.92. The van der Waals surface area contributed by atoms with Crippen molar-refractivity contribution in [3.05, 3.63) is 41.1 Å². The molecule has 0 radical (unpaired) electrons. The number of rotatable bonds is 6. The van der Waals surface area contributed by atoms with Crippen LogP contribution in [0.3, 0.4) is 0 Å². The zero-order valence-corrected chi connectivity index (χ0v) is 20.5. The highest BCUT2D eigenvalue weighted by Gasteiger charge is 2.36. The third-order valence-corrected chi connectivity index (χ3v) is 6.62. The van der Waals surface area contributed by atoms with Gasteiger partial charge in [0.05, 0.1) is 12.0 Å². The van der Waals surface area contributed by atoms with E-state index in [1.165, 1.54) is 0 Å². The number of anilines is 3. The first kappa shape index (κ1) is 26.2. The van der Waals surface area contributed by atoms with Crippen LogP contribution in [0, 0.1) is 0 Å². The highest BCUT2D eigenvalue weighted by molar-refractivity contribution is 5.77. The zero-order valence-electron chi connectivity index (χ0n) is 20.5. The summed E-state index contributed by atoms with van der Waals surface area (Å²) in [6.45, 7) is 4.19. The molecule has 196 valence electrons. The highest BCUT2D eigenvalue weighted by atomic mass is 19.4. The van der Waals surface area contributed by atoms with Gasteiger partial charge in [0.1, 0.15) is 11.4 Å². The fourth-order valence-electron chi connectivity index (χ4n) is 4.67. The summed E-state index contributed by atoms with van der Waals surface area (Å²) in [7, 11) is 0. The fraction of sp³-hybridized carbons (Fsp3) is 0.560. The number of nitrogens with zero attached hydrogens (tertiary/aromatic N) is 3. The number of aromatic nitrogens is 2. The van der Waals surface area contributed by atoms with E-state index in [1.54, 1.807) is 24.8 Å². The molecule has 0 bridgehead atoms. The number of hydrogen-bond donors (Lipinski definition) is 4. The molecule has 1 fully saturated rings. The van der Waals surface area contributed by atoms with E-state index in [-0.39, 0.29) is 36.2 Å². The van der Waals surface area contributed by atoms with E-state index in [1.807, 2.05) is 12.1 Å². The van der Waals surface area contributed by atoms with Gasteiger partial charge in [-0.1, -0.05) is 6.07 Å². The van der Waals surface area contributed by atoms with Crippen LogP contribution < -0.4 is 16.4 Å². The molecule has 1 aromatic carbocycles. The summed E-state index contributed by atoms with van der Waals surface area (Å²) in [4.78, 5) is 22.3. The molecule has 2 aliphatic rings. The van der Waals surface area contributed by atoms with Crippen LogP contribution in [-0.4, -0.2) is 50.1 Å². The summed E-state index contributed by atoms with van der Waals surface area (Å²) >= 11 is 0. The average Bonchev–Trinajstić information content (AvgIpc) is 2.78. The monoisotopic (exact) mass is 506 g/mol. The van der Waals surface area contributed by atoms with Gasteiger partial charge in [0.25, 0.3) is 0 Å². The number of aliphatic hydroxyl groups is 1. The standard InChI is InChI=1S/C25H33F3N6O2/c1-24(2,36)12-21(35)34-10-9-15-11-19(6-3-16(15)14-34)32-23-30-13-20(25(26,27)28)22(33-23)31-18-7-4-17(29)5-8-18/h3,6,11,13,17-18,36H,4-5,7-10,12,14,29H2,1-2H3,(H2,30,31,32,33). The summed E-state index contributed by atoms with van der Waals surface area (Å²) in [5.74, 6) is -0.274. The molecule has 1 saturated carbocycles. The number of nitrogens with one attached hydrogen (secondary N) is 2. The predicted octanol–water partition coefficient (Wildman–Crippen LogP) is 3.97. The number of halogens is 3. The Morgan fingerprint density at radius 1 is 1.19 bits per heavy atom. The van der Waals surface area contributed by atoms with Crippen LogP contribution in [0.1, 0.15) is 62.6 Å². The molecule has 1 aromatic heterocycles. The molecular formula is C25H33F3N6O2. The van der Waals surface area contributed by atoms with Crippen molar-refractivity contribution >= 4 is 23.4 Å². The van der Waals surface area contributed by atoms with E-state index < -0.39 is 17.3 Å². The Bertz CT molecular complexity index is 1090. The van der Waals surface area contributed by atoms with Crippen LogP contribution in [0.2, 0.25) is 0 Å². The van der Waals surface area contributed by atoms with Crippen molar-refractivity contribution in [1.82, 2.24) is 14.9 Å². The number of carbonyl (C=O) groups excluding carboxylic acids is 1. The molecule has 2 aromatic rings. The zero-order chi connectivity index (χ0) is 26.1. The molecule has 0 unspecified atom stereocenters. The van der Waals surface area contributed by atoms with Gasteiger partial charge < -0.3 is 26.4 Å². The number of alkyl halides is 3. The molecule has 36 heavy (non-hydrogen) atoms. The number of benzene rings is 1. The van der Waals surface area contributed by atoms with Gasteiger partial charge in [-0.3, -0.25) is 4.79 Å². The Morgan fingerprint density at radius 2 is 1.92 bits per heavy atom. The number of amides is 1. The number of fused-ring (bicyclic) bond motifs is 1. The van der Waals surface area contributed by atoms with Crippen LogP contribution in [0.25, 0.3) is 0 Å². The van der Waals surface area contributed by atoms with E-state index in [9.17, 15) is 23.1 Å². The van der Waals surface area contributed by atoms with Crippen LogP contribution in [0.15, 0.2) is 24.4 Å². The summed E-state index contributed by atoms with van der Waals surface area (Å²) < 4.78 is 40.8. The Hall–Kier alpha value is -2.92. The minimum absolute atomic E-state index is 0.0528. The Kier molecular flexibility index (Phi) is 7.42. The summed E-state index contributed by atoms with van der Waals surface area (Å²) in [5, 5.41) is 15.9. The topological polar surface area (TPSA) is 116 Å². The maximum absolute atomic E-state index is 13.6. The van der Waals surface area contributed by atoms with Crippen molar-refractivity contribution in [2.75, 3.05) is 17.2 Å². The lowest BCUT2D eigenvalue weighted by Gasteiger charge is -2.31. The van der Waals surface area contributed by atoms with Crippen LogP contribution in [0.5, 0.6) is 0 Å². The van der Waals surface area contributed by atoms with E-state index in [0.717, 1.165) is 30.2 Å². The van der Waals surface area contributed by atoms with Crippen molar-refractivity contribution in [1.29, 1.82) is 0 Å². The Labute approximate surface area is 208 Å². The second-order valence-electron chi connectivity index (χ2n) is 10.4. The quantitative estimate of drug-likeness (QED) is 0.469. The van der Waals surface area contributed by atoms with Gasteiger partial charge in [-0.05, 0) is 69.2 Å². The summed E-state index contributed by atoms with van der Waals surface area (Å²) in [6, 6.07) is 5.54. The molecule has 0 atom stereocenters. The third-order valence-electron chi connectivity index (χ3n) is 6.62. The maximum atomic E-state index is 13.6. The minimum atomic E-state index is -4.58. The second kappa shape index (κ2) is 10.2. The minimum Gasteiger partial charge on any atom is -0.390 e. The van der Waals surface area contributed by atoms with Gasteiger partial charge in [0.2, 0.25) is 11.9 Å². The van der Waals surface area contributed by atoms with E-state index in [2.05, 4.69) is 20.6 Å². The molecule has 2 heterocycles. The van der Waals surface area contributed by atoms with Crippen molar-refractivity contribution in [2.24, 2.45) is 5.73 Å². The van der Waals surface area contributed by atoms with Crippen molar-refractivity contribution in [3.63, 3.8) is 0 Å². The maximum Gasteiger partial charge on any atom is 0.421 e. The largest absolute Gasteiger partial charge is 0.421 e. The number of carbonyl (C=O) groups is 1. The van der Waals surface area contributed by atoms with Gasteiger partial charge >= 0.3 is 6.18 Å². The van der Waals surface area contributed by atoms with Gasteiger partial charge in [-0.2, -0.15) is 18.2 Å². The molecule has 1 amide bonds. The Balaban J connectivity index is 1.48. The first-order valence-corrected chi connectivity index (χ1v) is 12.2. The first-order valence-electron chi connectivity index (χ1n) is 12.2.